The van der Waals surface area contributed by atoms with Crippen molar-refractivity contribution in [1.82, 2.24) is 4.98 Å². The van der Waals surface area contributed by atoms with E-state index in [9.17, 15) is 0 Å². The van der Waals surface area contributed by atoms with Gasteiger partial charge in [0.25, 0.3) is 0 Å². The maximum atomic E-state index is 4.57. The molecule has 0 N–H and O–H groups in total. The topological polar surface area (TPSA) is 12.9 Å². The number of pyridine rings is 1. The lowest BCUT2D eigenvalue weighted by molar-refractivity contribution is 0.590. The highest BCUT2D eigenvalue weighted by molar-refractivity contribution is 5.60. The van der Waals surface area contributed by atoms with Crippen LogP contribution in [-0.2, 0) is 11.8 Å². The summed E-state index contributed by atoms with van der Waals surface area (Å²) in [5.74, 6) is 0. The monoisotopic (exact) mass is 315 g/mol. The molecule has 0 amide bonds. The molecule has 0 spiro atoms. The van der Waals surface area contributed by atoms with Gasteiger partial charge in [-0.1, -0.05) is 69.3 Å². The largest absolute Gasteiger partial charge is 0.256 e. The zero-order valence-electron chi connectivity index (χ0n) is 15.0. The molecule has 0 atom stereocenters. The fourth-order valence-corrected chi connectivity index (χ4v) is 2.91. The molecule has 122 valence electrons. The summed E-state index contributed by atoms with van der Waals surface area (Å²) >= 11 is 0. The molecule has 24 heavy (non-hydrogen) atoms. The molecule has 0 aliphatic heterocycles. The molecule has 0 aliphatic carbocycles. The van der Waals surface area contributed by atoms with Gasteiger partial charge in [-0.3, -0.25) is 4.98 Å². The van der Waals surface area contributed by atoms with E-state index in [0.717, 1.165) is 12.1 Å². The summed E-state index contributed by atoms with van der Waals surface area (Å²) in [4.78, 5) is 4.57. The Labute approximate surface area is 145 Å². The maximum absolute atomic E-state index is 4.57. The molecule has 0 aliphatic rings. The van der Waals surface area contributed by atoms with Crippen LogP contribution in [0.3, 0.4) is 0 Å². The van der Waals surface area contributed by atoms with Crippen LogP contribution < -0.4 is 0 Å². The maximum Gasteiger partial charge on any atom is 0.0704 e. The first-order valence-corrected chi connectivity index (χ1v) is 8.54. The minimum Gasteiger partial charge on any atom is -0.256 e. The van der Waals surface area contributed by atoms with Gasteiger partial charge in [0.05, 0.1) is 5.69 Å². The number of hydrogen-bond donors (Lipinski definition) is 0. The third-order valence-electron chi connectivity index (χ3n) is 4.53. The van der Waals surface area contributed by atoms with Gasteiger partial charge >= 0.3 is 0 Å². The number of aromatic nitrogens is 1. The lowest BCUT2D eigenvalue weighted by Crippen LogP contribution is -2.10. The molecule has 0 unspecified atom stereocenters. The second kappa shape index (κ2) is 6.60. The van der Waals surface area contributed by atoms with Crippen LogP contribution in [0, 0.1) is 6.92 Å². The van der Waals surface area contributed by atoms with Crippen LogP contribution in [0.5, 0.6) is 0 Å². The summed E-state index contributed by atoms with van der Waals surface area (Å²) < 4.78 is 0. The molecular formula is C23H25N. The van der Waals surface area contributed by atoms with Crippen molar-refractivity contribution in [3.05, 3.63) is 89.1 Å². The first-order chi connectivity index (χ1) is 11.4. The molecule has 2 aromatic carbocycles. The quantitative estimate of drug-likeness (QED) is 0.582. The van der Waals surface area contributed by atoms with Crippen LogP contribution in [0.25, 0.3) is 11.3 Å². The Morgan fingerprint density at radius 2 is 1.58 bits per heavy atom. The second-order valence-electron chi connectivity index (χ2n) is 7.48. The molecule has 3 rings (SSSR count). The Morgan fingerprint density at radius 1 is 0.875 bits per heavy atom. The Hall–Kier alpha value is -2.41. The Balaban J connectivity index is 1.87. The van der Waals surface area contributed by atoms with Gasteiger partial charge in [-0.25, -0.2) is 0 Å². The summed E-state index contributed by atoms with van der Waals surface area (Å²) in [5.41, 5.74) is 7.76. The van der Waals surface area contributed by atoms with Crippen molar-refractivity contribution in [2.45, 2.75) is 39.5 Å². The van der Waals surface area contributed by atoms with Gasteiger partial charge in [-0.2, -0.15) is 0 Å². The summed E-state index contributed by atoms with van der Waals surface area (Å²) in [7, 11) is 0. The van der Waals surface area contributed by atoms with E-state index in [1.165, 1.54) is 27.8 Å². The molecular weight excluding hydrogens is 290 g/mol. The van der Waals surface area contributed by atoms with Crippen molar-refractivity contribution < 1.29 is 0 Å². The highest BCUT2D eigenvalue weighted by Crippen LogP contribution is 2.26. The number of nitrogens with zero attached hydrogens (tertiary/aromatic N) is 1. The van der Waals surface area contributed by atoms with Crippen LogP contribution >= 0.6 is 0 Å². The molecule has 0 radical (unpaired) electrons. The minimum absolute atomic E-state index is 0.179. The molecule has 0 bridgehead atoms. The fourth-order valence-electron chi connectivity index (χ4n) is 2.91. The van der Waals surface area contributed by atoms with Crippen molar-refractivity contribution in [2.24, 2.45) is 0 Å². The van der Waals surface area contributed by atoms with Crippen LogP contribution in [0.4, 0.5) is 0 Å². The molecule has 0 fully saturated rings. The first-order valence-electron chi connectivity index (χ1n) is 8.54. The molecule has 0 saturated carbocycles. The Kier molecular flexibility index (Phi) is 4.53. The Bertz CT molecular complexity index is 823. The lowest BCUT2D eigenvalue weighted by Gasteiger charge is -2.19. The smallest absolute Gasteiger partial charge is 0.0704 e. The molecule has 1 aromatic heterocycles. The fraction of sp³-hybridized carbons (Fsp3) is 0.261. The molecule has 1 heteroatoms. The van der Waals surface area contributed by atoms with E-state index >= 15 is 0 Å². The van der Waals surface area contributed by atoms with E-state index in [0.29, 0.717) is 0 Å². The summed E-state index contributed by atoms with van der Waals surface area (Å²) in [6.07, 6.45) is 2.86. The van der Waals surface area contributed by atoms with Gasteiger partial charge in [0.15, 0.2) is 0 Å². The predicted molar refractivity (Wildman–Crippen MR) is 102 cm³/mol. The van der Waals surface area contributed by atoms with Crippen molar-refractivity contribution in [3.8, 4) is 11.3 Å². The standard InChI is InChI=1S/C23H25N/c1-17-7-5-6-8-20(17)15-18-13-14-24-22(16-18)19-9-11-21(12-10-19)23(2,3)4/h5-14,16H,15H2,1-4H3. The third-order valence-corrected chi connectivity index (χ3v) is 4.53. The lowest BCUT2D eigenvalue weighted by atomic mass is 9.86. The predicted octanol–water partition coefficient (Wildman–Crippen LogP) is 5.95. The Morgan fingerprint density at radius 3 is 2.25 bits per heavy atom. The van der Waals surface area contributed by atoms with Crippen molar-refractivity contribution in [2.75, 3.05) is 0 Å². The summed E-state index contributed by atoms with van der Waals surface area (Å²) in [5, 5.41) is 0. The van der Waals surface area contributed by atoms with Gasteiger partial charge in [0.2, 0.25) is 0 Å². The molecule has 0 saturated heterocycles. The average molecular weight is 315 g/mol. The molecule has 1 heterocycles. The number of rotatable bonds is 3. The highest BCUT2D eigenvalue weighted by Gasteiger charge is 2.13. The van der Waals surface area contributed by atoms with Gasteiger partial charge in [0.1, 0.15) is 0 Å². The van der Waals surface area contributed by atoms with Crippen molar-refractivity contribution >= 4 is 0 Å². The normalized spacial score (nSPS) is 11.5. The van der Waals surface area contributed by atoms with Gasteiger partial charge in [0, 0.05) is 11.8 Å². The molecule has 1 nitrogen and oxygen atoms in total. The third kappa shape index (κ3) is 3.73. The summed E-state index contributed by atoms with van der Waals surface area (Å²) in [6.45, 7) is 8.89. The zero-order chi connectivity index (χ0) is 17.2. The SMILES string of the molecule is Cc1ccccc1Cc1ccnc(-c2ccc(C(C)(C)C)cc2)c1. The molecule has 3 aromatic rings. The van der Waals surface area contributed by atoms with E-state index in [1.807, 2.05) is 6.20 Å². The van der Waals surface area contributed by atoms with Crippen LogP contribution in [-0.4, -0.2) is 4.98 Å². The zero-order valence-corrected chi connectivity index (χ0v) is 15.0. The number of hydrogen-bond acceptors (Lipinski definition) is 1. The van der Waals surface area contributed by atoms with Crippen LogP contribution in [0.15, 0.2) is 66.9 Å². The van der Waals surface area contributed by atoms with E-state index in [-0.39, 0.29) is 5.41 Å². The second-order valence-corrected chi connectivity index (χ2v) is 7.48. The van der Waals surface area contributed by atoms with E-state index < -0.39 is 0 Å². The van der Waals surface area contributed by atoms with E-state index in [4.69, 9.17) is 0 Å². The minimum atomic E-state index is 0.179. The highest BCUT2D eigenvalue weighted by atomic mass is 14.7. The van der Waals surface area contributed by atoms with Gasteiger partial charge in [-0.15, -0.1) is 0 Å². The van der Waals surface area contributed by atoms with Crippen molar-refractivity contribution in [1.29, 1.82) is 0 Å². The van der Waals surface area contributed by atoms with E-state index in [1.54, 1.807) is 0 Å². The number of benzene rings is 2. The summed E-state index contributed by atoms with van der Waals surface area (Å²) in [6, 6.07) is 21.7. The average Bonchev–Trinajstić information content (AvgIpc) is 2.57. The first kappa shape index (κ1) is 16.4. The number of aryl methyl sites for hydroxylation is 1. The van der Waals surface area contributed by atoms with E-state index in [2.05, 4.69) is 93.3 Å². The van der Waals surface area contributed by atoms with Gasteiger partial charge in [-0.05, 0) is 53.1 Å². The van der Waals surface area contributed by atoms with Crippen molar-refractivity contribution in [3.63, 3.8) is 0 Å². The van der Waals surface area contributed by atoms with Gasteiger partial charge < -0.3 is 0 Å². The van der Waals surface area contributed by atoms with Crippen LogP contribution in [0.2, 0.25) is 0 Å². The van der Waals surface area contributed by atoms with Crippen LogP contribution in [0.1, 0.15) is 43.0 Å².